The van der Waals surface area contributed by atoms with Gasteiger partial charge in [0.25, 0.3) is 0 Å². The Morgan fingerprint density at radius 1 is 1.14 bits per heavy atom. The first-order valence-corrected chi connectivity index (χ1v) is 4.04. The molecule has 74 valence electrons. The van der Waals surface area contributed by atoms with Crippen molar-refractivity contribution in [1.29, 1.82) is 0 Å². The molecule has 1 aromatic rings. The van der Waals surface area contributed by atoms with Gasteiger partial charge in [-0.05, 0) is 12.1 Å². The van der Waals surface area contributed by atoms with Crippen LogP contribution in [0, 0.1) is 0 Å². The summed E-state index contributed by atoms with van der Waals surface area (Å²) in [6.45, 7) is 0. The molecule has 0 aromatic heterocycles. The highest BCUT2D eigenvalue weighted by Crippen LogP contribution is 2.02. The average molecular weight is 193 g/mol. The fourth-order valence-electron chi connectivity index (χ4n) is 0.937. The zero-order chi connectivity index (χ0) is 10.4. The fraction of sp³-hybridized carbons (Fsp3) is 0.200. The lowest BCUT2D eigenvalue weighted by Crippen LogP contribution is -2.07. The van der Waals surface area contributed by atoms with Crippen molar-refractivity contribution in [2.45, 2.75) is 0 Å². The van der Waals surface area contributed by atoms with Crippen LogP contribution in [-0.2, 0) is 9.47 Å². The van der Waals surface area contributed by atoms with Gasteiger partial charge in [-0.2, -0.15) is 0 Å². The maximum absolute atomic E-state index is 10.9. The van der Waals surface area contributed by atoms with Gasteiger partial charge < -0.3 is 9.47 Å². The number of nitrogens with zero attached hydrogens (tertiary/aromatic N) is 1. The summed E-state index contributed by atoms with van der Waals surface area (Å²) in [5.74, 6) is 0.248. The van der Waals surface area contributed by atoms with Gasteiger partial charge in [-0.1, -0.05) is 18.2 Å². The number of benzene rings is 1. The van der Waals surface area contributed by atoms with Gasteiger partial charge >= 0.3 is 6.09 Å². The SMILES string of the molecule is COC(=O)N=C(OC)c1ccccc1. The largest absolute Gasteiger partial charge is 0.480 e. The molecule has 0 bridgehead atoms. The first-order chi connectivity index (χ1) is 6.77. The van der Waals surface area contributed by atoms with Crippen molar-refractivity contribution >= 4 is 12.0 Å². The lowest BCUT2D eigenvalue weighted by atomic mass is 10.2. The van der Waals surface area contributed by atoms with Gasteiger partial charge in [0.05, 0.1) is 14.2 Å². The second kappa shape index (κ2) is 5.01. The molecule has 0 atom stereocenters. The molecule has 1 amide bonds. The Morgan fingerprint density at radius 3 is 2.29 bits per heavy atom. The topological polar surface area (TPSA) is 47.9 Å². The zero-order valence-corrected chi connectivity index (χ0v) is 8.06. The monoisotopic (exact) mass is 193 g/mol. The third-order valence-electron chi connectivity index (χ3n) is 1.58. The lowest BCUT2D eigenvalue weighted by molar-refractivity contribution is 0.181. The number of aliphatic imine (C=N–C) groups is 1. The van der Waals surface area contributed by atoms with Crippen LogP contribution in [0.1, 0.15) is 5.56 Å². The van der Waals surface area contributed by atoms with Crippen LogP contribution < -0.4 is 0 Å². The van der Waals surface area contributed by atoms with Crippen LogP contribution in [-0.4, -0.2) is 26.2 Å². The van der Waals surface area contributed by atoms with Crippen molar-refractivity contribution in [2.75, 3.05) is 14.2 Å². The van der Waals surface area contributed by atoms with E-state index in [9.17, 15) is 4.79 Å². The predicted octanol–water partition coefficient (Wildman–Crippen LogP) is 1.85. The maximum atomic E-state index is 10.9. The molecular weight excluding hydrogens is 182 g/mol. The fourth-order valence-corrected chi connectivity index (χ4v) is 0.937. The minimum Gasteiger partial charge on any atom is -0.480 e. The summed E-state index contributed by atoms with van der Waals surface area (Å²) < 4.78 is 9.36. The van der Waals surface area contributed by atoms with E-state index in [-0.39, 0.29) is 5.90 Å². The Morgan fingerprint density at radius 2 is 1.79 bits per heavy atom. The molecule has 0 radical (unpaired) electrons. The van der Waals surface area contributed by atoms with Crippen molar-refractivity contribution in [3.8, 4) is 0 Å². The van der Waals surface area contributed by atoms with Crippen LogP contribution in [0.25, 0.3) is 0 Å². The summed E-state index contributed by atoms with van der Waals surface area (Å²) in [5.41, 5.74) is 0.736. The first-order valence-electron chi connectivity index (χ1n) is 4.04. The molecule has 0 aliphatic carbocycles. The molecule has 1 aromatic carbocycles. The Balaban J connectivity index is 2.93. The number of amides is 1. The minimum absolute atomic E-state index is 0.248. The van der Waals surface area contributed by atoms with E-state index < -0.39 is 6.09 Å². The second-order valence-electron chi connectivity index (χ2n) is 2.46. The van der Waals surface area contributed by atoms with Gasteiger partial charge in [0, 0.05) is 5.56 Å². The molecule has 0 fully saturated rings. The molecule has 4 heteroatoms. The molecule has 0 aliphatic rings. The van der Waals surface area contributed by atoms with Crippen LogP contribution in [0.2, 0.25) is 0 Å². The highest BCUT2D eigenvalue weighted by atomic mass is 16.5. The standard InChI is InChI=1S/C10H11NO3/c1-13-9(11-10(12)14-2)8-6-4-3-5-7-8/h3-7H,1-2H3. The van der Waals surface area contributed by atoms with Crippen molar-refractivity contribution in [2.24, 2.45) is 4.99 Å². The molecule has 1 rings (SSSR count). The molecule has 14 heavy (non-hydrogen) atoms. The molecule has 0 saturated carbocycles. The van der Waals surface area contributed by atoms with Gasteiger partial charge in [0.1, 0.15) is 0 Å². The Labute approximate surface area is 82.2 Å². The third kappa shape index (κ3) is 2.58. The van der Waals surface area contributed by atoms with Crippen molar-refractivity contribution < 1.29 is 14.3 Å². The van der Waals surface area contributed by atoms with Crippen LogP contribution in [0.5, 0.6) is 0 Å². The number of methoxy groups -OCH3 is 2. The summed E-state index contributed by atoms with van der Waals surface area (Å²) in [6.07, 6.45) is -0.675. The van der Waals surface area contributed by atoms with Gasteiger partial charge in [-0.15, -0.1) is 4.99 Å². The second-order valence-corrected chi connectivity index (χ2v) is 2.46. The lowest BCUT2D eigenvalue weighted by Gasteiger charge is -2.03. The smallest absolute Gasteiger partial charge is 0.436 e. The van der Waals surface area contributed by atoms with E-state index >= 15 is 0 Å². The Kier molecular flexibility index (Phi) is 3.67. The number of hydrogen-bond donors (Lipinski definition) is 0. The molecule has 0 saturated heterocycles. The van der Waals surface area contributed by atoms with E-state index in [1.165, 1.54) is 14.2 Å². The van der Waals surface area contributed by atoms with Gasteiger partial charge in [0.15, 0.2) is 0 Å². The molecular formula is C10H11NO3. The molecule has 0 aliphatic heterocycles. The summed E-state index contributed by atoms with van der Waals surface area (Å²) in [4.78, 5) is 14.5. The van der Waals surface area contributed by atoms with E-state index in [1.54, 1.807) is 12.1 Å². The average Bonchev–Trinajstić information content (AvgIpc) is 2.26. The van der Waals surface area contributed by atoms with E-state index in [1.807, 2.05) is 18.2 Å². The van der Waals surface area contributed by atoms with E-state index in [2.05, 4.69) is 9.73 Å². The van der Waals surface area contributed by atoms with E-state index in [0.29, 0.717) is 0 Å². The first kappa shape index (κ1) is 10.2. The third-order valence-corrected chi connectivity index (χ3v) is 1.58. The van der Waals surface area contributed by atoms with Crippen LogP contribution >= 0.6 is 0 Å². The number of ether oxygens (including phenoxy) is 2. The van der Waals surface area contributed by atoms with Crippen molar-refractivity contribution in [3.05, 3.63) is 35.9 Å². The summed E-state index contributed by atoms with van der Waals surface area (Å²) in [7, 11) is 2.72. The number of hydrogen-bond acceptors (Lipinski definition) is 3. The molecule has 0 heterocycles. The number of carbonyl (C=O) groups is 1. The van der Waals surface area contributed by atoms with Crippen LogP contribution in [0.3, 0.4) is 0 Å². The van der Waals surface area contributed by atoms with Crippen LogP contribution in [0.15, 0.2) is 35.3 Å². The number of carbonyl (C=O) groups excluding carboxylic acids is 1. The predicted molar refractivity (Wildman–Crippen MR) is 52.4 cm³/mol. The van der Waals surface area contributed by atoms with Crippen LogP contribution in [0.4, 0.5) is 4.79 Å². The number of rotatable bonds is 1. The molecule has 0 unspecified atom stereocenters. The summed E-state index contributed by atoms with van der Waals surface area (Å²) in [6, 6.07) is 9.13. The zero-order valence-electron chi connectivity index (χ0n) is 8.06. The quantitative estimate of drug-likeness (QED) is 0.505. The highest BCUT2D eigenvalue weighted by Gasteiger charge is 2.05. The molecule has 0 N–H and O–H groups in total. The van der Waals surface area contributed by atoms with Crippen molar-refractivity contribution in [1.82, 2.24) is 0 Å². The molecule has 4 nitrogen and oxygen atoms in total. The van der Waals surface area contributed by atoms with Crippen molar-refractivity contribution in [3.63, 3.8) is 0 Å². The Hall–Kier alpha value is -1.84. The van der Waals surface area contributed by atoms with Gasteiger partial charge in [-0.25, -0.2) is 4.79 Å². The minimum atomic E-state index is -0.675. The maximum Gasteiger partial charge on any atom is 0.436 e. The molecule has 0 spiro atoms. The Bertz CT molecular complexity index is 332. The van der Waals surface area contributed by atoms with Gasteiger partial charge in [0.2, 0.25) is 5.90 Å². The van der Waals surface area contributed by atoms with E-state index in [0.717, 1.165) is 5.56 Å². The summed E-state index contributed by atoms with van der Waals surface area (Å²) >= 11 is 0. The normalized spacial score (nSPS) is 10.9. The van der Waals surface area contributed by atoms with Gasteiger partial charge in [-0.3, -0.25) is 0 Å². The van der Waals surface area contributed by atoms with E-state index in [4.69, 9.17) is 4.74 Å². The highest BCUT2D eigenvalue weighted by molar-refractivity contribution is 5.99. The summed E-state index contributed by atoms with van der Waals surface area (Å²) in [5, 5.41) is 0.